The highest BCUT2D eigenvalue weighted by atomic mass is 31.1. The van der Waals surface area contributed by atoms with E-state index in [1.165, 1.54) is 38.9 Å². The van der Waals surface area contributed by atoms with Gasteiger partial charge in [0.05, 0.1) is 0 Å². The van der Waals surface area contributed by atoms with Crippen LogP contribution in [-0.4, -0.2) is 43.5 Å². The van der Waals surface area contributed by atoms with Gasteiger partial charge in [0, 0.05) is 12.3 Å². The van der Waals surface area contributed by atoms with Crippen LogP contribution in [0.1, 0.15) is 47.0 Å². The molecule has 2 nitrogen and oxygen atoms in total. The standard InChI is InChI=1S/C16H35N2P/c1-6-17-11-13(3)16(10-15-8-9-15)12-18(7-2)14(4)19-5/h13-17,19H,6-12H2,1-5H3. The molecule has 0 aromatic carbocycles. The van der Waals surface area contributed by atoms with Crippen molar-refractivity contribution in [3.63, 3.8) is 0 Å². The Morgan fingerprint density at radius 3 is 2.42 bits per heavy atom. The fourth-order valence-electron chi connectivity index (χ4n) is 2.85. The number of nitrogens with zero attached hydrogens (tertiary/aromatic N) is 1. The second-order valence-corrected chi connectivity index (χ2v) is 7.69. The molecule has 3 heteroatoms. The summed E-state index contributed by atoms with van der Waals surface area (Å²) >= 11 is 0. The van der Waals surface area contributed by atoms with Gasteiger partial charge in [0.15, 0.2) is 0 Å². The van der Waals surface area contributed by atoms with Crippen LogP contribution in [0, 0.1) is 17.8 Å². The highest BCUT2D eigenvalue weighted by Crippen LogP contribution is 2.38. The molecule has 4 unspecified atom stereocenters. The first-order valence-corrected chi connectivity index (χ1v) is 9.82. The molecule has 4 atom stereocenters. The molecule has 1 saturated carbocycles. The summed E-state index contributed by atoms with van der Waals surface area (Å²) in [5, 5.41) is 3.54. The van der Waals surface area contributed by atoms with Crippen LogP contribution in [0.25, 0.3) is 0 Å². The zero-order valence-electron chi connectivity index (χ0n) is 13.7. The molecule has 0 amide bonds. The van der Waals surface area contributed by atoms with Crippen LogP contribution in [0.15, 0.2) is 0 Å². The van der Waals surface area contributed by atoms with E-state index in [0.717, 1.165) is 38.7 Å². The molecular formula is C16H35N2P. The van der Waals surface area contributed by atoms with Crippen molar-refractivity contribution >= 4 is 8.58 Å². The lowest BCUT2D eigenvalue weighted by Gasteiger charge is -2.34. The van der Waals surface area contributed by atoms with Crippen molar-refractivity contribution in [2.45, 2.75) is 52.7 Å². The van der Waals surface area contributed by atoms with Crippen molar-refractivity contribution < 1.29 is 0 Å². The summed E-state index contributed by atoms with van der Waals surface area (Å²) < 4.78 is 0. The monoisotopic (exact) mass is 286 g/mol. The zero-order chi connectivity index (χ0) is 14.3. The summed E-state index contributed by atoms with van der Waals surface area (Å²) in [4.78, 5) is 2.70. The third-order valence-corrected chi connectivity index (χ3v) is 5.90. The Hall–Kier alpha value is 0.350. The fraction of sp³-hybridized carbons (Fsp3) is 1.00. The van der Waals surface area contributed by atoms with Crippen LogP contribution < -0.4 is 5.32 Å². The Kier molecular flexibility index (Phi) is 8.53. The van der Waals surface area contributed by atoms with Gasteiger partial charge in [-0.1, -0.05) is 33.6 Å². The summed E-state index contributed by atoms with van der Waals surface area (Å²) in [6, 6.07) is 0. The molecule has 1 fully saturated rings. The van der Waals surface area contributed by atoms with E-state index in [0.29, 0.717) is 0 Å². The SMILES string of the molecule is CCNCC(C)C(CC1CC1)CN(CC)C(C)PC. The fourth-order valence-corrected chi connectivity index (χ4v) is 3.51. The third kappa shape index (κ3) is 6.56. The van der Waals surface area contributed by atoms with E-state index in [4.69, 9.17) is 0 Å². The molecule has 0 spiro atoms. The summed E-state index contributed by atoms with van der Waals surface area (Å²) in [6.07, 6.45) is 4.44. The van der Waals surface area contributed by atoms with Crippen molar-refractivity contribution in [1.82, 2.24) is 10.2 Å². The summed E-state index contributed by atoms with van der Waals surface area (Å²) in [6.45, 7) is 16.5. The Morgan fingerprint density at radius 2 is 1.95 bits per heavy atom. The van der Waals surface area contributed by atoms with Crippen molar-refractivity contribution in [2.24, 2.45) is 17.8 Å². The van der Waals surface area contributed by atoms with Crippen LogP contribution in [-0.2, 0) is 0 Å². The van der Waals surface area contributed by atoms with Gasteiger partial charge in [-0.3, -0.25) is 4.90 Å². The smallest absolute Gasteiger partial charge is 0.0237 e. The minimum atomic E-state index is 0.762. The third-order valence-electron chi connectivity index (χ3n) is 4.69. The molecule has 19 heavy (non-hydrogen) atoms. The molecular weight excluding hydrogens is 251 g/mol. The maximum absolute atomic E-state index is 3.54. The van der Waals surface area contributed by atoms with E-state index in [2.05, 4.69) is 44.6 Å². The van der Waals surface area contributed by atoms with E-state index in [1.54, 1.807) is 0 Å². The largest absolute Gasteiger partial charge is 0.317 e. The molecule has 0 radical (unpaired) electrons. The Balaban J connectivity index is 2.50. The van der Waals surface area contributed by atoms with Gasteiger partial charge in [-0.05, 0) is 57.4 Å². The van der Waals surface area contributed by atoms with Crippen LogP contribution in [0.4, 0.5) is 0 Å². The summed E-state index contributed by atoms with van der Waals surface area (Å²) in [5.41, 5.74) is 0. The molecule has 0 saturated heterocycles. The second kappa shape index (κ2) is 9.32. The lowest BCUT2D eigenvalue weighted by Crippen LogP contribution is -2.39. The van der Waals surface area contributed by atoms with Gasteiger partial charge in [-0.15, -0.1) is 8.58 Å². The van der Waals surface area contributed by atoms with Crippen LogP contribution in [0.3, 0.4) is 0 Å². The van der Waals surface area contributed by atoms with Gasteiger partial charge < -0.3 is 5.32 Å². The molecule has 1 rings (SSSR count). The van der Waals surface area contributed by atoms with Gasteiger partial charge in [-0.2, -0.15) is 0 Å². The van der Waals surface area contributed by atoms with Crippen LogP contribution >= 0.6 is 8.58 Å². The first kappa shape index (κ1) is 17.4. The van der Waals surface area contributed by atoms with Crippen molar-refractivity contribution in [3.8, 4) is 0 Å². The highest BCUT2D eigenvalue weighted by molar-refractivity contribution is 7.37. The zero-order valence-corrected chi connectivity index (χ0v) is 14.7. The van der Waals surface area contributed by atoms with E-state index >= 15 is 0 Å². The van der Waals surface area contributed by atoms with Crippen molar-refractivity contribution in [3.05, 3.63) is 0 Å². The van der Waals surface area contributed by atoms with Gasteiger partial charge in [0.1, 0.15) is 0 Å². The van der Waals surface area contributed by atoms with Gasteiger partial charge in [0.25, 0.3) is 0 Å². The lowest BCUT2D eigenvalue weighted by molar-refractivity contribution is 0.181. The molecule has 0 bridgehead atoms. The molecule has 1 aliphatic carbocycles. The highest BCUT2D eigenvalue weighted by Gasteiger charge is 2.29. The van der Waals surface area contributed by atoms with Crippen molar-refractivity contribution in [2.75, 3.05) is 32.8 Å². The lowest BCUT2D eigenvalue weighted by atomic mass is 9.88. The molecule has 114 valence electrons. The normalized spacial score (nSPS) is 21.2. The second-order valence-electron chi connectivity index (χ2n) is 6.28. The Labute approximate surface area is 122 Å². The molecule has 0 aliphatic heterocycles. The number of nitrogens with one attached hydrogen (secondary N) is 1. The molecule has 0 aromatic rings. The molecule has 1 N–H and O–H groups in total. The van der Waals surface area contributed by atoms with E-state index < -0.39 is 0 Å². The van der Waals surface area contributed by atoms with Gasteiger partial charge >= 0.3 is 0 Å². The topological polar surface area (TPSA) is 15.3 Å². The molecule has 0 heterocycles. The van der Waals surface area contributed by atoms with Crippen LogP contribution in [0.5, 0.6) is 0 Å². The average Bonchev–Trinajstić information content (AvgIpc) is 3.23. The summed E-state index contributed by atoms with van der Waals surface area (Å²) in [7, 11) is 1.03. The van der Waals surface area contributed by atoms with Gasteiger partial charge in [-0.25, -0.2) is 0 Å². The first-order valence-electron chi connectivity index (χ1n) is 8.24. The maximum atomic E-state index is 3.54. The minimum absolute atomic E-state index is 0.762. The predicted octanol–water partition coefficient (Wildman–Crippen LogP) is 3.62. The Bertz CT molecular complexity index is 231. The maximum Gasteiger partial charge on any atom is 0.0237 e. The predicted molar refractivity (Wildman–Crippen MR) is 89.5 cm³/mol. The van der Waals surface area contributed by atoms with Gasteiger partial charge in [0.2, 0.25) is 0 Å². The van der Waals surface area contributed by atoms with Crippen molar-refractivity contribution in [1.29, 1.82) is 0 Å². The van der Waals surface area contributed by atoms with E-state index in [9.17, 15) is 0 Å². The quantitative estimate of drug-likeness (QED) is 0.584. The number of hydrogen-bond donors (Lipinski definition) is 1. The molecule has 0 aromatic heterocycles. The number of rotatable bonds is 11. The van der Waals surface area contributed by atoms with E-state index in [-0.39, 0.29) is 0 Å². The average molecular weight is 286 g/mol. The first-order chi connectivity index (χ1) is 9.12. The Morgan fingerprint density at radius 1 is 1.26 bits per heavy atom. The van der Waals surface area contributed by atoms with E-state index in [1.807, 2.05) is 0 Å². The number of hydrogen-bond acceptors (Lipinski definition) is 2. The van der Waals surface area contributed by atoms with Crippen LogP contribution in [0.2, 0.25) is 0 Å². The molecule has 1 aliphatic rings. The minimum Gasteiger partial charge on any atom is -0.317 e. The summed E-state index contributed by atoms with van der Waals surface area (Å²) in [5.74, 6) is 3.50.